The van der Waals surface area contributed by atoms with E-state index in [9.17, 15) is 0 Å². The van der Waals surface area contributed by atoms with Crippen LogP contribution in [0.1, 0.15) is 16.9 Å². The molecule has 0 bridgehead atoms. The van der Waals surface area contributed by atoms with Crippen LogP contribution >= 0.6 is 23.4 Å². The summed E-state index contributed by atoms with van der Waals surface area (Å²) in [5, 5.41) is 10.4. The average Bonchev–Trinajstić information content (AvgIpc) is 3.31. The van der Waals surface area contributed by atoms with Crippen molar-refractivity contribution in [2.75, 3.05) is 0 Å². The van der Waals surface area contributed by atoms with E-state index in [0.717, 1.165) is 28.1 Å². The van der Waals surface area contributed by atoms with E-state index in [-0.39, 0.29) is 0 Å². The van der Waals surface area contributed by atoms with Gasteiger partial charge in [-0.3, -0.25) is 4.57 Å². The molecule has 4 nitrogen and oxygen atoms in total. The molecule has 0 unspecified atom stereocenters. The summed E-state index contributed by atoms with van der Waals surface area (Å²) < 4.78 is 7.63. The second kappa shape index (κ2) is 8.03. The lowest BCUT2D eigenvalue weighted by Gasteiger charge is -2.09. The lowest BCUT2D eigenvalue weighted by molar-refractivity contribution is 0.485. The first-order chi connectivity index (χ1) is 13.2. The van der Waals surface area contributed by atoms with Crippen LogP contribution in [0.2, 0.25) is 5.02 Å². The Morgan fingerprint density at radius 2 is 1.89 bits per heavy atom. The number of nitrogens with zero attached hydrogens (tertiary/aromatic N) is 3. The summed E-state index contributed by atoms with van der Waals surface area (Å²) >= 11 is 7.70. The van der Waals surface area contributed by atoms with Gasteiger partial charge < -0.3 is 4.42 Å². The lowest BCUT2D eigenvalue weighted by Crippen LogP contribution is -2.03. The van der Waals surface area contributed by atoms with Gasteiger partial charge >= 0.3 is 0 Å². The van der Waals surface area contributed by atoms with Crippen molar-refractivity contribution in [3.8, 4) is 11.4 Å². The Labute approximate surface area is 167 Å². The third-order valence-electron chi connectivity index (χ3n) is 4.16. The first-order valence-electron chi connectivity index (χ1n) is 8.59. The number of aryl methyl sites for hydroxylation is 1. The van der Waals surface area contributed by atoms with E-state index >= 15 is 0 Å². The predicted molar refractivity (Wildman–Crippen MR) is 109 cm³/mol. The van der Waals surface area contributed by atoms with Gasteiger partial charge in [0.25, 0.3) is 0 Å². The number of aromatic nitrogens is 3. The fourth-order valence-corrected chi connectivity index (χ4v) is 3.87. The van der Waals surface area contributed by atoms with Crippen molar-refractivity contribution < 1.29 is 4.42 Å². The number of furan rings is 1. The number of halogens is 1. The van der Waals surface area contributed by atoms with Crippen molar-refractivity contribution in [1.82, 2.24) is 14.8 Å². The number of hydrogen-bond acceptors (Lipinski definition) is 4. The van der Waals surface area contributed by atoms with Gasteiger partial charge in [0.15, 0.2) is 11.0 Å². The quantitative estimate of drug-likeness (QED) is 0.384. The summed E-state index contributed by atoms with van der Waals surface area (Å²) in [5.41, 5.74) is 3.49. The summed E-state index contributed by atoms with van der Waals surface area (Å²) in [6.45, 7) is 2.68. The highest BCUT2D eigenvalue weighted by atomic mass is 35.5. The molecule has 4 rings (SSSR count). The van der Waals surface area contributed by atoms with E-state index in [0.29, 0.717) is 11.6 Å². The summed E-state index contributed by atoms with van der Waals surface area (Å²) in [4.78, 5) is 0. The summed E-state index contributed by atoms with van der Waals surface area (Å²) in [6.07, 6.45) is 1.68. The van der Waals surface area contributed by atoms with Gasteiger partial charge in [0.1, 0.15) is 5.76 Å². The van der Waals surface area contributed by atoms with Crippen LogP contribution in [0, 0.1) is 6.92 Å². The minimum atomic E-state index is 0.577. The normalized spacial score (nSPS) is 11.0. The molecule has 0 aliphatic carbocycles. The highest BCUT2D eigenvalue weighted by molar-refractivity contribution is 7.98. The van der Waals surface area contributed by atoms with Gasteiger partial charge in [-0.25, -0.2) is 0 Å². The molecule has 0 spiro atoms. The van der Waals surface area contributed by atoms with Gasteiger partial charge in [0, 0.05) is 16.3 Å². The summed E-state index contributed by atoms with van der Waals surface area (Å²) in [6, 6.07) is 20.0. The Morgan fingerprint density at radius 1 is 1.04 bits per heavy atom. The molecule has 0 aliphatic rings. The van der Waals surface area contributed by atoms with Crippen LogP contribution in [-0.2, 0) is 12.3 Å². The molecular weight excluding hydrogens is 378 g/mol. The van der Waals surface area contributed by atoms with Crippen LogP contribution in [0.15, 0.2) is 76.5 Å². The summed E-state index contributed by atoms with van der Waals surface area (Å²) in [5.74, 6) is 2.50. The molecule has 4 aromatic rings. The van der Waals surface area contributed by atoms with Gasteiger partial charge in [-0.05, 0) is 48.9 Å². The van der Waals surface area contributed by atoms with Crippen molar-refractivity contribution in [3.63, 3.8) is 0 Å². The van der Waals surface area contributed by atoms with Gasteiger partial charge in [-0.1, -0.05) is 53.2 Å². The smallest absolute Gasteiger partial charge is 0.192 e. The molecule has 0 fully saturated rings. The van der Waals surface area contributed by atoms with Crippen molar-refractivity contribution >= 4 is 23.4 Å². The Hall–Kier alpha value is -2.50. The molecule has 2 aromatic carbocycles. The molecule has 0 N–H and O–H groups in total. The highest BCUT2D eigenvalue weighted by Gasteiger charge is 2.16. The van der Waals surface area contributed by atoms with Crippen LogP contribution in [0.5, 0.6) is 0 Å². The topological polar surface area (TPSA) is 43.9 Å². The molecule has 2 aromatic heterocycles. The third-order valence-corrected chi connectivity index (χ3v) is 5.45. The molecule has 0 saturated heterocycles. The maximum atomic E-state index is 6.03. The van der Waals surface area contributed by atoms with Gasteiger partial charge in [0.05, 0.1) is 12.8 Å². The zero-order valence-corrected chi connectivity index (χ0v) is 16.4. The maximum absolute atomic E-state index is 6.03. The Morgan fingerprint density at radius 3 is 2.63 bits per heavy atom. The largest absolute Gasteiger partial charge is 0.467 e. The van der Waals surface area contributed by atoms with E-state index in [1.54, 1.807) is 18.0 Å². The van der Waals surface area contributed by atoms with E-state index in [2.05, 4.69) is 46.0 Å². The van der Waals surface area contributed by atoms with Crippen LogP contribution in [0.4, 0.5) is 0 Å². The maximum Gasteiger partial charge on any atom is 0.192 e. The predicted octanol–water partition coefficient (Wildman–Crippen LogP) is 5.84. The zero-order chi connectivity index (χ0) is 18.6. The van der Waals surface area contributed by atoms with Crippen molar-refractivity contribution in [2.24, 2.45) is 0 Å². The fourth-order valence-electron chi connectivity index (χ4n) is 2.86. The Kier molecular flexibility index (Phi) is 5.32. The van der Waals surface area contributed by atoms with E-state index in [1.807, 2.05) is 36.4 Å². The molecule has 0 amide bonds. The van der Waals surface area contributed by atoms with Crippen LogP contribution in [0.25, 0.3) is 11.4 Å². The first kappa shape index (κ1) is 17.9. The van der Waals surface area contributed by atoms with E-state index < -0.39 is 0 Å². The Bertz CT molecular complexity index is 1030. The molecule has 0 aliphatic heterocycles. The number of rotatable bonds is 6. The van der Waals surface area contributed by atoms with Crippen molar-refractivity contribution in [3.05, 3.63) is 88.8 Å². The number of hydrogen-bond donors (Lipinski definition) is 0. The monoisotopic (exact) mass is 395 g/mol. The molecular formula is C21H18ClN3OS. The van der Waals surface area contributed by atoms with Crippen LogP contribution in [-0.4, -0.2) is 14.8 Å². The molecule has 6 heteroatoms. The average molecular weight is 396 g/mol. The minimum Gasteiger partial charge on any atom is -0.467 e. The second-order valence-corrected chi connectivity index (χ2v) is 7.64. The SMILES string of the molecule is Cc1cccc(CSc2nnc(-c3ccc(Cl)cc3)n2Cc2ccco2)c1. The van der Waals surface area contributed by atoms with Gasteiger partial charge in [-0.2, -0.15) is 0 Å². The molecule has 0 atom stereocenters. The van der Waals surface area contributed by atoms with E-state index in [4.69, 9.17) is 16.0 Å². The second-order valence-electron chi connectivity index (χ2n) is 6.26. The fraction of sp³-hybridized carbons (Fsp3) is 0.143. The van der Waals surface area contributed by atoms with E-state index in [1.165, 1.54) is 11.1 Å². The van der Waals surface area contributed by atoms with Crippen molar-refractivity contribution in [1.29, 1.82) is 0 Å². The molecule has 27 heavy (non-hydrogen) atoms. The highest BCUT2D eigenvalue weighted by Crippen LogP contribution is 2.28. The zero-order valence-electron chi connectivity index (χ0n) is 14.8. The van der Waals surface area contributed by atoms with Crippen LogP contribution in [0.3, 0.4) is 0 Å². The summed E-state index contributed by atoms with van der Waals surface area (Å²) in [7, 11) is 0. The molecule has 136 valence electrons. The third kappa shape index (κ3) is 4.26. The first-order valence-corrected chi connectivity index (χ1v) is 9.95. The van der Waals surface area contributed by atoms with Gasteiger partial charge in [-0.15, -0.1) is 10.2 Å². The number of thioether (sulfide) groups is 1. The standard InChI is InChI=1S/C21H18ClN3OS/c1-15-4-2-5-16(12-15)14-27-21-24-23-20(17-7-9-18(22)10-8-17)25(21)13-19-6-3-11-26-19/h2-12H,13-14H2,1H3. The van der Waals surface area contributed by atoms with Gasteiger partial charge in [0.2, 0.25) is 0 Å². The van der Waals surface area contributed by atoms with Crippen LogP contribution < -0.4 is 0 Å². The number of benzene rings is 2. The minimum absolute atomic E-state index is 0.577. The lowest BCUT2D eigenvalue weighted by atomic mass is 10.2. The molecule has 2 heterocycles. The van der Waals surface area contributed by atoms with Crippen molar-refractivity contribution in [2.45, 2.75) is 24.4 Å². The molecule has 0 radical (unpaired) electrons. The molecule has 0 saturated carbocycles. The Balaban J connectivity index is 1.65.